The number of halogens is 1. The van der Waals surface area contributed by atoms with Crippen LogP contribution >= 0.6 is 11.6 Å². The van der Waals surface area contributed by atoms with Gasteiger partial charge in [-0.2, -0.15) is 0 Å². The minimum atomic E-state index is -3.31. The lowest BCUT2D eigenvalue weighted by atomic mass is 10.2. The quantitative estimate of drug-likeness (QED) is 0.409. The predicted molar refractivity (Wildman–Crippen MR) is 126 cm³/mol. The highest BCUT2D eigenvalue weighted by Crippen LogP contribution is 2.29. The molecule has 1 heterocycles. The predicted octanol–water partition coefficient (Wildman–Crippen LogP) is 4.67. The average Bonchev–Trinajstić information content (AvgIpc) is 3.19. The van der Waals surface area contributed by atoms with Crippen LogP contribution in [-0.4, -0.2) is 38.9 Å². The Morgan fingerprint density at radius 1 is 0.688 bits per heavy atom. The van der Waals surface area contributed by atoms with Gasteiger partial charge in [-0.1, -0.05) is 23.7 Å². The highest BCUT2D eigenvalue weighted by Gasteiger charge is 2.15. The Bertz CT molecular complexity index is 1490. The summed E-state index contributed by atoms with van der Waals surface area (Å²) in [6.07, 6.45) is 4.15. The van der Waals surface area contributed by atoms with E-state index in [0.717, 1.165) is 29.3 Å². The van der Waals surface area contributed by atoms with Gasteiger partial charge in [0.25, 0.3) is 0 Å². The number of hydrogen-bond donors (Lipinski definition) is 0. The van der Waals surface area contributed by atoms with Crippen molar-refractivity contribution in [2.75, 3.05) is 12.5 Å². The van der Waals surface area contributed by atoms with Crippen molar-refractivity contribution in [2.24, 2.45) is 0 Å². The highest BCUT2D eigenvalue weighted by atomic mass is 35.5. The molecule has 1 aromatic heterocycles. The number of imidazole rings is 1. The maximum absolute atomic E-state index is 11.8. The molecule has 0 atom stereocenters. The summed E-state index contributed by atoms with van der Waals surface area (Å²) < 4.78 is 49.0. The van der Waals surface area contributed by atoms with E-state index in [1.807, 2.05) is 22.9 Å². The van der Waals surface area contributed by atoms with Crippen LogP contribution in [0.2, 0.25) is 5.02 Å². The first-order valence-corrected chi connectivity index (χ1v) is 13.6. The molecule has 0 unspecified atom stereocenters. The zero-order valence-corrected chi connectivity index (χ0v) is 19.6. The minimum Gasteiger partial charge on any atom is -0.299 e. The largest absolute Gasteiger partial charge is 0.299 e. The molecule has 0 N–H and O–H groups in total. The summed E-state index contributed by atoms with van der Waals surface area (Å²) in [6.45, 7) is 0. The van der Waals surface area contributed by atoms with E-state index in [1.165, 1.54) is 0 Å². The molecule has 0 saturated heterocycles. The molecule has 6 nitrogen and oxygen atoms in total. The number of hydrogen-bond acceptors (Lipinski definition) is 5. The molecule has 0 aliphatic rings. The van der Waals surface area contributed by atoms with Crippen molar-refractivity contribution in [3.8, 4) is 28.3 Å². The molecular weight excluding hydrogens is 468 g/mol. The summed E-state index contributed by atoms with van der Waals surface area (Å²) in [4.78, 5) is 5.23. The first-order valence-electron chi connectivity index (χ1n) is 9.49. The second-order valence-corrected chi connectivity index (χ2v) is 11.9. The Balaban J connectivity index is 1.85. The van der Waals surface area contributed by atoms with E-state index in [4.69, 9.17) is 16.6 Å². The van der Waals surface area contributed by atoms with E-state index >= 15 is 0 Å². The topological polar surface area (TPSA) is 86.1 Å². The Morgan fingerprint density at radius 3 is 1.66 bits per heavy atom. The standard InChI is InChI=1S/C23H19ClN2O4S2/c1-31(27,28)20-11-5-16(6-12-20)22-15-26(19-9-13-21(14-10-19)32(2,29)30)23(25-22)17-3-7-18(24)8-4-17/h3-15H,1-2H3. The second kappa shape index (κ2) is 8.20. The van der Waals surface area contributed by atoms with Gasteiger partial charge in [0, 0.05) is 40.5 Å². The van der Waals surface area contributed by atoms with Gasteiger partial charge in [0.05, 0.1) is 15.5 Å². The zero-order chi connectivity index (χ0) is 23.1. The van der Waals surface area contributed by atoms with Crippen LogP contribution < -0.4 is 0 Å². The molecule has 4 rings (SSSR count). The van der Waals surface area contributed by atoms with E-state index < -0.39 is 19.7 Å². The zero-order valence-electron chi connectivity index (χ0n) is 17.2. The number of sulfone groups is 2. The lowest BCUT2D eigenvalue weighted by Gasteiger charge is -2.09. The second-order valence-electron chi connectivity index (χ2n) is 7.39. The third kappa shape index (κ3) is 4.62. The van der Waals surface area contributed by atoms with Crippen LogP contribution in [0.15, 0.2) is 88.8 Å². The van der Waals surface area contributed by atoms with Crippen molar-refractivity contribution in [2.45, 2.75) is 9.79 Å². The van der Waals surface area contributed by atoms with E-state index in [1.54, 1.807) is 60.7 Å². The Hall–Kier alpha value is -2.94. The van der Waals surface area contributed by atoms with Crippen LogP contribution in [0.25, 0.3) is 28.3 Å². The molecule has 4 aromatic rings. The van der Waals surface area contributed by atoms with E-state index in [2.05, 4.69) is 0 Å². The van der Waals surface area contributed by atoms with Crippen molar-refractivity contribution >= 4 is 31.3 Å². The van der Waals surface area contributed by atoms with Crippen LogP contribution in [0, 0.1) is 0 Å². The van der Waals surface area contributed by atoms with Gasteiger partial charge >= 0.3 is 0 Å². The van der Waals surface area contributed by atoms with Crippen molar-refractivity contribution in [3.63, 3.8) is 0 Å². The fourth-order valence-electron chi connectivity index (χ4n) is 3.25. The van der Waals surface area contributed by atoms with Crippen LogP contribution in [0.5, 0.6) is 0 Å². The van der Waals surface area contributed by atoms with Gasteiger partial charge in [-0.25, -0.2) is 21.8 Å². The summed E-state index contributed by atoms with van der Waals surface area (Å²) in [6, 6.07) is 20.3. The number of benzene rings is 3. The fourth-order valence-corrected chi connectivity index (χ4v) is 4.63. The Morgan fingerprint density at radius 2 is 1.16 bits per heavy atom. The molecule has 0 aliphatic carbocycles. The summed E-state index contributed by atoms with van der Waals surface area (Å²) >= 11 is 6.04. The smallest absolute Gasteiger partial charge is 0.175 e. The van der Waals surface area contributed by atoms with Gasteiger partial charge < -0.3 is 0 Å². The molecule has 0 radical (unpaired) electrons. The lowest BCUT2D eigenvalue weighted by molar-refractivity contribution is 0.600. The van der Waals surface area contributed by atoms with Gasteiger partial charge in [0.15, 0.2) is 19.7 Å². The van der Waals surface area contributed by atoms with Crippen molar-refractivity contribution in [1.29, 1.82) is 0 Å². The van der Waals surface area contributed by atoms with Crippen LogP contribution in [0.3, 0.4) is 0 Å². The van der Waals surface area contributed by atoms with Gasteiger partial charge in [-0.05, 0) is 60.7 Å². The van der Waals surface area contributed by atoms with Gasteiger partial charge in [-0.3, -0.25) is 4.57 Å². The normalized spacial score (nSPS) is 12.1. The third-order valence-electron chi connectivity index (χ3n) is 4.93. The van der Waals surface area contributed by atoms with Crippen molar-refractivity contribution in [1.82, 2.24) is 9.55 Å². The van der Waals surface area contributed by atoms with Gasteiger partial charge in [0.2, 0.25) is 0 Å². The van der Waals surface area contributed by atoms with Gasteiger partial charge in [0.1, 0.15) is 5.82 Å². The molecule has 164 valence electrons. The molecule has 0 fully saturated rings. The summed E-state index contributed by atoms with van der Waals surface area (Å²) in [5, 5.41) is 0.598. The number of rotatable bonds is 5. The first kappa shape index (κ1) is 22.3. The van der Waals surface area contributed by atoms with E-state index in [0.29, 0.717) is 16.5 Å². The van der Waals surface area contributed by atoms with Crippen molar-refractivity contribution < 1.29 is 16.8 Å². The molecule has 3 aromatic carbocycles. The SMILES string of the molecule is CS(=O)(=O)c1ccc(-c2cn(-c3ccc(S(C)(=O)=O)cc3)c(-c3ccc(Cl)cc3)n2)cc1. The van der Waals surface area contributed by atoms with Crippen molar-refractivity contribution in [3.05, 3.63) is 84.0 Å². The van der Waals surface area contributed by atoms with Crippen LogP contribution in [-0.2, 0) is 19.7 Å². The molecule has 0 amide bonds. The Kier molecular flexibility index (Phi) is 5.70. The molecule has 0 saturated carbocycles. The third-order valence-corrected chi connectivity index (χ3v) is 7.44. The first-order chi connectivity index (χ1) is 15.0. The minimum absolute atomic E-state index is 0.228. The van der Waals surface area contributed by atoms with Crippen LogP contribution in [0.4, 0.5) is 0 Å². The van der Waals surface area contributed by atoms with Crippen LogP contribution in [0.1, 0.15) is 0 Å². The fraction of sp³-hybridized carbons (Fsp3) is 0.0870. The van der Waals surface area contributed by atoms with E-state index in [9.17, 15) is 16.8 Å². The van der Waals surface area contributed by atoms with E-state index in [-0.39, 0.29) is 9.79 Å². The number of nitrogens with zero attached hydrogens (tertiary/aromatic N) is 2. The van der Waals surface area contributed by atoms with Gasteiger partial charge in [-0.15, -0.1) is 0 Å². The molecule has 0 spiro atoms. The maximum Gasteiger partial charge on any atom is 0.175 e. The summed E-state index contributed by atoms with van der Waals surface area (Å²) in [7, 11) is -6.61. The molecule has 0 aliphatic heterocycles. The Labute approximate surface area is 192 Å². The molecule has 32 heavy (non-hydrogen) atoms. The average molecular weight is 487 g/mol. The summed E-state index contributed by atoms with van der Waals surface area (Å²) in [5.74, 6) is 0.635. The molecular formula is C23H19ClN2O4S2. The monoisotopic (exact) mass is 486 g/mol. The maximum atomic E-state index is 11.8. The molecule has 9 heteroatoms. The highest BCUT2D eigenvalue weighted by molar-refractivity contribution is 7.91. The number of aromatic nitrogens is 2. The molecule has 0 bridgehead atoms. The summed E-state index contributed by atoms with van der Waals surface area (Å²) in [5.41, 5.74) is 2.94. The lowest BCUT2D eigenvalue weighted by Crippen LogP contribution is -1.99.